The summed E-state index contributed by atoms with van der Waals surface area (Å²) in [6.07, 6.45) is 0.155. The number of phenols is 1. The minimum Gasteiger partial charge on any atom is -0.508 e. The van der Waals surface area contributed by atoms with Gasteiger partial charge in [-0.15, -0.1) is 0 Å². The number of anilines is 1. The van der Waals surface area contributed by atoms with Crippen LogP contribution in [0.1, 0.15) is 31.9 Å². The van der Waals surface area contributed by atoms with E-state index in [0.29, 0.717) is 15.7 Å². The zero-order valence-electron chi connectivity index (χ0n) is 17.4. The SMILES string of the molecule is CC(C)C[C@]1(C(=O)O)N[C@@H](c2cc(Br)ccc2O)[C@H]2C(=O)N(c3ccc(Br)cc3)C(=O)[C@@H]21. The molecular weight excluding hydrogens is 544 g/mol. The molecule has 0 aromatic heterocycles. The van der Waals surface area contributed by atoms with E-state index in [1.807, 2.05) is 13.8 Å². The van der Waals surface area contributed by atoms with Crippen molar-refractivity contribution in [3.05, 3.63) is 57.0 Å². The molecule has 32 heavy (non-hydrogen) atoms. The first-order valence-electron chi connectivity index (χ1n) is 10.2. The number of imide groups is 1. The second kappa shape index (κ2) is 8.28. The lowest BCUT2D eigenvalue weighted by atomic mass is 9.75. The van der Waals surface area contributed by atoms with Gasteiger partial charge < -0.3 is 10.2 Å². The number of hydrogen-bond donors (Lipinski definition) is 3. The quantitative estimate of drug-likeness (QED) is 0.468. The van der Waals surface area contributed by atoms with E-state index in [2.05, 4.69) is 37.2 Å². The average molecular weight is 566 g/mol. The fourth-order valence-corrected chi connectivity index (χ4v) is 5.65. The number of rotatable bonds is 5. The summed E-state index contributed by atoms with van der Waals surface area (Å²) in [4.78, 5) is 41.0. The Balaban J connectivity index is 1.89. The van der Waals surface area contributed by atoms with Crippen molar-refractivity contribution in [1.82, 2.24) is 5.32 Å². The first-order chi connectivity index (χ1) is 15.1. The van der Waals surface area contributed by atoms with Crippen LogP contribution in [0.2, 0.25) is 0 Å². The highest BCUT2D eigenvalue weighted by atomic mass is 79.9. The first-order valence-corrected chi connectivity index (χ1v) is 11.8. The highest BCUT2D eigenvalue weighted by molar-refractivity contribution is 9.10. The van der Waals surface area contributed by atoms with Crippen LogP contribution in [0.5, 0.6) is 5.75 Å². The summed E-state index contributed by atoms with van der Waals surface area (Å²) in [5.41, 5.74) is -0.881. The Morgan fingerprint density at radius 3 is 2.31 bits per heavy atom. The summed E-state index contributed by atoms with van der Waals surface area (Å²) < 4.78 is 1.46. The number of carboxylic acid groups (broad SMARTS) is 1. The van der Waals surface area contributed by atoms with E-state index in [1.54, 1.807) is 36.4 Å². The van der Waals surface area contributed by atoms with Gasteiger partial charge in [0.05, 0.1) is 17.5 Å². The van der Waals surface area contributed by atoms with Crippen LogP contribution in [-0.2, 0) is 14.4 Å². The van der Waals surface area contributed by atoms with E-state index in [1.165, 1.54) is 6.07 Å². The molecule has 168 valence electrons. The number of nitrogens with one attached hydrogen (secondary N) is 1. The van der Waals surface area contributed by atoms with Gasteiger partial charge in [-0.2, -0.15) is 0 Å². The van der Waals surface area contributed by atoms with Crippen LogP contribution in [0.25, 0.3) is 0 Å². The van der Waals surface area contributed by atoms with E-state index < -0.39 is 41.2 Å². The van der Waals surface area contributed by atoms with Crippen molar-refractivity contribution in [3.63, 3.8) is 0 Å². The maximum absolute atomic E-state index is 13.6. The van der Waals surface area contributed by atoms with Gasteiger partial charge in [-0.25, -0.2) is 4.90 Å². The maximum Gasteiger partial charge on any atom is 0.324 e. The molecule has 2 amide bonds. The lowest BCUT2D eigenvalue weighted by molar-refractivity contribution is -0.149. The van der Waals surface area contributed by atoms with Crippen molar-refractivity contribution in [2.24, 2.45) is 17.8 Å². The van der Waals surface area contributed by atoms with Gasteiger partial charge in [0, 0.05) is 20.6 Å². The molecule has 2 saturated heterocycles. The van der Waals surface area contributed by atoms with Crippen molar-refractivity contribution < 1.29 is 24.6 Å². The van der Waals surface area contributed by atoms with Crippen LogP contribution in [0.4, 0.5) is 5.69 Å². The van der Waals surface area contributed by atoms with Gasteiger partial charge in [-0.05, 0) is 54.8 Å². The molecule has 2 aromatic rings. The lowest BCUT2D eigenvalue weighted by Crippen LogP contribution is -2.56. The zero-order valence-corrected chi connectivity index (χ0v) is 20.6. The summed E-state index contributed by atoms with van der Waals surface area (Å²) in [6.45, 7) is 3.75. The Morgan fingerprint density at radius 1 is 1.09 bits per heavy atom. The number of nitrogens with zero attached hydrogens (tertiary/aromatic N) is 1. The third-order valence-corrected chi connectivity index (χ3v) is 7.20. The third kappa shape index (κ3) is 3.56. The van der Waals surface area contributed by atoms with Gasteiger partial charge in [-0.3, -0.25) is 19.7 Å². The minimum atomic E-state index is -1.64. The molecule has 4 atom stereocenters. The molecule has 7 nitrogen and oxygen atoms in total. The number of carbonyl (C=O) groups excluding carboxylic acids is 2. The Morgan fingerprint density at radius 2 is 1.72 bits per heavy atom. The number of benzene rings is 2. The second-order valence-electron chi connectivity index (χ2n) is 8.69. The molecule has 2 aliphatic heterocycles. The average Bonchev–Trinajstić information content (AvgIpc) is 3.19. The molecule has 0 radical (unpaired) electrons. The van der Waals surface area contributed by atoms with Gasteiger partial charge in [0.25, 0.3) is 0 Å². The highest BCUT2D eigenvalue weighted by Gasteiger charge is 2.68. The smallest absolute Gasteiger partial charge is 0.324 e. The standard InChI is InChI=1S/C23H22Br2N2O5/c1-11(2)10-23(22(31)32)18-17(19(26-23)15-9-13(25)5-8-16(15)28)20(29)27(21(18)30)14-6-3-12(24)4-7-14/h3-9,11,17-19,26,28H,10H2,1-2H3,(H,31,32)/t17-,18+,19-,23-/m0/s1. The maximum atomic E-state index is 13.6. The third-order valence-electron chi connectivity index (χ3n) is 6.18. The number of aliphatic carboxylic acids is 1. The molecule has 0 unspecified atom stereocenters. The van der Waals surface area contributed by atoms with E-state index in [-0.39, 0.29) is 18.1 Å². The van der Waals surface area contributed by atoms with Crippen molar-refractivity contribution in [3.8, 4) is 5.75 Å². The predicted octanol–water partition coefficient (Wildman–Crippen LogP) is 4.24. The van der Waals surface area contributed by atoms with E-state index in [4.69, 9.17) is 0 Å². The second-order valence-corrected chi connectivity index (χ2v) is 10.5. The lowest BCUT2D eigenvalue weighted by Gasteiger charge is -2.32. The summed E-state index contributed by atoms with van der Waals surface area (Å²) in [6, 6.07) is 10.7. The molecule has 2 aromatic carbocycles. The Labute approximate surface area is 202 Å². The molecule has 0 saturated carbocycles. The fourth-order valence-electron chi connectivity index (χ4n) is 5.00. The number of phenolic OH excluding ortho intramolecular Hbond substituents is 1. The Hall–Kier alpha value is -2.23. The molecule has 0 aliphatic carbocycles. The molecule has 4 rings (SSSR count). The monoisotopic (exact) mass is 564 g/mol. The Kier molecular flexibility index (Phi) is 5.94. The summed E-state index contributed by atoms with van der Waals surface area (Å²) in [7, 11) is 0. The van der Waals surface area contributed by atoms with Gasteiger partial charge in [0.2, 0.25) is 11.8 Å². The van der Waals surface area contributed by atoms with E-state index >= 15 is 0 Å². The molecule has 2 heterocycles. The molecule has 2 fully saturated rings. The number of aromatic hydroxyl groups is 1. The molecule has 0 bridgehead atoms. The molecule has 2 aliphatic rings. The van der Waals surface area contributed by atoms with Gasteiger partial charge in [0.1, 0.15) is 11.3 Å². The van der Waals surface area contributed by atoms with Crippen molar-refractivity contribution in [2.45, 2.75) is 31.8 Å². The van der Waals surface area contributed by atoms with Crippen LogP contribution < -0.4 is 10.2 Å². The van der Waals surface area contributed by atoms with Crippen LogP contribution in [0, 0.1) is 17.8 Å². The highest BCUT2D eigenvalue weighted by Crippen LogP contribution is 2.53. The number of fused-ring (bicyclic) bond motifs is 1. The Bertz CT molecular complexity index is 1100. The summed E-state index contributed by atoms with van der Waals surface area (Å²) in [5, 5.41) is 24.0. The van der Waals surface area contributed by atoms with E-state index in [0.717, 1.165) is 9.37 Å². The number of carbonyl (C=O) groups is 3. The van der Waals surface area contributed by atoms with Crippen molar-refractivity contribution >= 4 is 55.3 Å². The summed E-state index contributed by atoms with van der Waals surface area (Å²) >= 11 is 6.72. The number of carboxylic acids is 1. The fraction of sp³-hybridized carbons (Fsp3) is 0.348. The van der Waals surface area contributed by atoms with Crippen LogP contribution >= 0.6 is 31.9 Å². The van der Waals surface area contributed by atoms with Gasteiger partial charge in [0.15, 0.2) is 0 Å². The molecule has 3 N–H and O–H groups in total. The minimum absolute atomic E-state index is 0.0567. The molecular formula is C23H22Br2N2O5. The van der Waals surface area contributed by atoms with E-state index in [9.17, 15) is 24.6 Å². The number of amides is 2. The van der Waals surface area contributed by atoms with Crippen LogP contribution in [0.3, 0.4) is 0 Å². The van der Waals surface area contributed by atoms with Crippen molar-refractivity contribution in [1.29, 1.82) is 0 Å². The van der Waals surface area contributed by atoms with Crippen LogP contribution in [0.15, 0.2) is 51.4 Å². The largest absolute Gasteiger partial charge is 0.508 e. The normalized spacial score (nSPS) is 27.3. The first kappa shape index (κ1) is 22.9. The van der Waals surface area contributed by atoms with Gasteiger partial charge >= 0.3 is 5.97 Å². The predicted molar refractivity (Wildman–Crippen MR) is 125 cm³/mol. The zero-order chi connectivity index (χ0) is 23.4. The number of hydrogen-bond acceptors (Lipinski definition) is 5. The summed E-state index contributed by atoms with van der Waals surface area (Å²) in [5.74, 6) is -4.42. The molecule has 9 heteroatoms. The molecule has 0 spiro atoms. The van der Waals surface area contributed by atoms with Crippen molar-refractivity contribution in [2.75, 3.05) is 4.90 Å². The van der Waals surface area contributed by atoms with Gasteiger partial charge in [-0.1, -0.05) is 45.7 Å². The van der Waals surface area contributed by atoms with Crippen LogP contribution in [-0.4, -0.2) is 33.5 Å². The topological polar surface area (TPSA) is 107 Å². The number of halogens is 2.